The zero-order valence-electron chi connectivity index (χ0n) is 11.1. The fraction of sp³-hybridized carbons (Fsp3) is 0.538. The topological polar surface area (TPSA) is 75.4 Å². The minimum absolute atomic E-state index is 0.0917. The zero-order chi connectivity index (χ0) is 14.4. The summed E-state index contributed by atoms with van der Waals surface area (Å²) in [5, 5.41) is 23.7. The molecule has 106 valence electrons. The molecule has 0 radical (unpaired) electrons. The van der Waals surface area contributed by atoms with Crippen LogP contribution in [0.15, 0.2) is 22.7 Å². The average Bonchev–Trinajstić information content (AvgIpc) is 2.27. The number of rotatable bonds is 7. The highest BCUT2D eigenvalue weighted by atomic mass is 79.9. The number of halogens is 1. The summed E-state index contributed by atoms with van der Waals surface area (Å²) in [5.74, 6) is 0.428. The number of benzene rings is 1. The molecule has 0 aliphatic heterocycles. The van der Waals surface area contributed by atoms with Crippen LogP contribution in [-0.2, 0) is 6.54 Å². The number of nitrogens with one attached hydrogen (secondary N) is 1. The van der Waals surface area contributed by atoms with Gasteiger partial charge in [0.25, 0.3) is 5.69 Å². The van der Waals surface area contributed by atoms with Crippen LogP contribution in [0.5, 0.6) is 0 Å². The van der Waals surface area contributed by atoms with Crippen molar-refractivity contribution < 1.29 is 10.0 Å². The molecule has 0 aromatic heterocycles. The molecule has 1 aromatic carbocycles. The Morgan fingerprint density at radius 3 is 2.74 bits per heavy atom. The molecular formula is C13H19BrN2O3. The molecule has 6 heteroatoms. The summed E-state index contributed by atoms with van der Waals surface area (Å²) in [6.07, 6.45) is 0.291. The van der Waals surface area contributed by atoms with E-state index in [-0.39, 0.29) is 5.69 Å². The number of hydrogen-bond donors (Lipinski definition) is 2. The van der Waals surface area contributed by atoms with Crippen molar-refractivity contribution in [2.75, 3.05) is 6.54 Å². The standard InChI is InChI=1S/C13H19BrN2O3/c1-9(2)5-12(17)8-15-7-10-6-11(14)3-4-13(10)16(18)19/h3-4,6,9,12,15,17H,5,7-8H2,1-2H3. The van der Waals surface area contributed by atoms with Crippen LogP contribution in [0.1, 0.15) is 25.8 Å². The first-order chi connectivity index (χ1) is 8.90. The molecule has 0 aliphatic carbocycles. The van der Waals surface area contributed by atoms with Gasteiger partial charge < -0.3 is 10.4 Å². The van der Waals surface area contributed by atoms with Gasteiger partial charge in [-0.05, 0) is 24.5 Å². The summed E-state index contributed by atoms with van der Waals surface area (Å²) in [4.78, 5) is 10.5. The van der Waals surface area contributed by atoms with Crippen LogP contribution in [0.25, 0.3) is 0 Å². The van der Waals surface area contributed by atoms with E-state index in [1.54, 1.807) is 12.1 Å². The summed E-state index contributed by atoms with van der Waals surface area (Å²) in [6.45, 7) is 4.89. The van der Waals surface area contributed by atoms with Gasteiger partial charge in [0, 0.05) is 29.2 Å². The van der Waals surface area contributed by atoms with Crippen LogP contribution < -0.4 is 5.32 Å². The van der Waals surface area contributed by atoms with Gasteiger partial charge in [0.05, 0.1) is 11.0 Å². The van der Waals surface area contributed by atoms with Gasteiger partial charge >= 0.3 is 0 Å². The third-order valence-corrected chi connectivity index (χ3v) is 3.17. The van der Waals surface area contributed by atoms with Gasteiger partial charge in [0.2, 0.25) is 0 Å². The number of nitrogens with zero attached hydrogens (tertiary/aromatic N) is 1. The summed E-state index contributed by atoms with van der Waals surface area (Å²) in [6, 6.07) is 4.85. The van der Waals surface area contributed by atoms with Gasteiger partial charge in [-0.15, -0.1) is 0 Å². The molecule has 5 nitrogen and oxygen atoms in total. The first-order valence-electron chi connectivity index (χ1n) is 6.21. The number of aliphatic hydroxyl groups excluding tert-OH is 1. The molecule has 0 aliphatic rings. The van der Waals surface area contributed by atoms with E-state index in [4.69, 9.17) is 0 Å². The Morgan fingerprint density at radius 1 is 1.47 bits per heavy atom. The second-order valence-corrected chi connectivity index (χ2v) is 5.86. The smallest absolute Gasteiger partial charge is 0.273 e. The summed E-state index contributed by atoms with van der Waals surface area (Å²) >= 11 is 3.30. The van der Waals surface area contributed by atoms with Crippen molar-refractivity contribution in [1.82, 2.24) is 5.32 Å². The highest BCUT2D eigenvalue weighted by molar-refractivity contribution is 9.10. The molecule has 1 atom stereocenters. The van der Waals surface area contributed by atoms with Gasteiger partial charge in [-0.25, -0.2) is 0 Å². The molecule has 0 amide bonds. The number of nitro groups is 1. The maximum Gasteiger partial charge on any atom is 0.273 e. The van der Waals surface area contributed by atoms with Crippen LogP contribution in [-0.4, -0.2) is 22.7 Å². The van der Waals surface area contributed by atoms with E-state index in [1.807, 2.05) is 13.8 Å². The van der Waals surface area contributed by atoms with E-state index in [0.717, 1.165) is 4.47 Å². The monoisotopic (exact) mass is 330 g/mol. The van der Waals surface area contributed by atoms with E-state index >= 15 is 0 Å². The molecule has 19 heavy (non-hydrogen) atoms. The molecular weight excluding hydrogens is 312 g/mol. The Hall–Kier alpha value is -0.980. The van der Waals surface area contributed by atoms with Crippen LogP contribution in [0.4, 0.5) is 5.69 Å². The molecule has 1 aromatic rings. The van der Waals surface area contributed by atoms with Crippen LogP contribution in [0, 0.1) is 16.0 Å². The molecule has 0 spiro atoms. The maximum absolute atomic E-state index is 10.9. The molecule has 0 bridgehead atoms. The van der Waals surface area contributed by atoms with Gasteiger partial charge in [-0.1, -0.05) is 29.8 Å². The Labute approximate surface area is 121 Å². The predicted molar refractivity (Wildman–Crippen MR) is 78.0 cm³/mol. The number of nitro benzene ring substituents is 1. The van der Waals surface area contributed by atoms with E-state index in [0.29, 0.717) is 31.0 Å². The molecule has 0 saturated carbocycles. The number of hydrogen-bond acceptors (Lipinski definition) is 4. The van der Waals surface area contributed by atoms with Crippen molar-refractivity contribution >= 4 is 21.6 Å². The highest BCUT2D eigenvalue weighted by Crippen LogP contribution is 2.22. The number of aliphatic hydroxyl groups is 1. The normalized spacial score (nSPS) is 12.7. The molecule has 1 rings (SSSR count). The van der Waals surface area contributed by atoms with Crippen molar-refractivity contribution in [3.05, 3.63) is 38.3 Å². The van der Waals surface area contributed by atoms with E-state index in [2.05, 4.69) is 21.2 Å². The SMILES string of the molecule is CC(C)CC(O)CNCc1cc(Br)ccc1[N+](=O)[O-]. The largest absolute Gasteiger partial charge is 0.392 e. The molecule has 0 fully saturated rings. The van der Waals surface area contributed by atoms with Crippen molar-refractivity contribution in [2.45, 2.75) is 32.9 Å². The lowest BCUT2D eigenvalue weighted by Gasteiger charge is -2.14. The third kappa shape index (κ3) is 5.67. The summed E-state index contributed by atoms with van der Waals surface area (Å²) < 4.78 is 0.803. The van der Waals surface area contributed by atoms with Gasteiger partial charge in [-0.3, -0.25) is 10.1 Å². The minimum Gasteiger partial charge on any atom is -0.392 e. The minimum atomic E-state index is -0.425. The molecule has 2 N–H and O–H groups in total. The van der Waals surface area contributed by atoms with Gasteiger partial charge in [0.1, 0.15) is 0 Å². The Morgan fingerprint density at radius 2 is 2.16 bits per heavy atom. The Balaban J connectivity index is 2.57. The lowest BCUT2D eigenvalue weighted by atomic mass is 10.1. The van der Waals surface area contributed by atoms with E-state index in [1.165, 1.54) is 6.07 Å². The maximum atomic E-state index is 10.9. The van der Waals surface area contributed by atoms with Gasteiger partial charge in [0.15, 0.2) is 0 Å². The van der Waals surface area contributed by atoms with Gasteiger partial charge in [-0.2, -0.15) is 0 Å². The lowest BCUT2D eigenvalue weighted by Crippen LogP contribution is -2.27. The lowest BCUT2D eigenvalue weighted by molar-refractivity contribution is -0.385. The quantitative estimate of drug-likeness (QED) is 0.595. The molecule has 1 unspecified atom stereocenters. The zero-order valence-corrected chi connectivity index (χ0v) is 12.7. The second kappa shape index (κ2) is 7.57. The molecule has 0 heterocycles. The fourth-order valence-electron chi connectivity index (χ4n) is 1.87. The fourth-order valence-corrected chi connectivity index (χ4v) is 2.28. The van der Waals surface area contributed by atoms with Crippen LogP contribution >= 0.6 is 15.9 Å². The first kappa shape index (κ1) is 16.1. The van der Waals surface area contributed by atoms with Crippen molar-refractivity contribution in [1.29, 1.82) is 0 Å². The predicted octanol–water partition coefficient (Wildman–Crippen LogP) is 2.85. The van der Waals surface area contributed by atoms with Crippen LogP contribution in [0.3, 0.4) is 0 Å². The molecule has 0 saturated heterocycles. The Bertz CT molecular complexity index is 438. The van der Waals surface area contributed by atoms with Crippen molar-refractivity contribution in [3.63, 3.8) is 0 Å². The average molecular weight is 331 g/mol. The first-order valence-corrected chi connectivity index (χ1v) is 7.01. The van der Waals surface area contributed by atoms with Crippen molar-refractivity contribution in [3.8, 4) is 0 Å². The second-order valence-electron chi connectivity index (χ2n) is 4.94. The highest BCUT2D eigenvalue weighted by Gasteiger charge is 2.14. The third-order valence-electron chi connectivity index (χ3n) is 2.68. The van der Waals surface area contributed by atoms with Crippen molar-refractivity contribution in [2.24, 2.45) is 5.92 Å². The van der Waals surface area contributed by atoms with Crippen LogP contribution in [0.2, 0.25) is 0 Å². The Kier molecular flexibility index (Phi) is 6.41. The summed E-state index contributed by atoms with van der Waals surface area (Å²) in [5.41, 5.74) is 0.699. The van der Waals surface area contributed by atoms with E-state index < -0.39 is 11.0 Å². The summed E-state index contributed by atoms with van der Waals surface area (Å²) in [7, 11) is 0. The van der Waals surface area contributed by atoms with E-state index in [9.17, 15) is 15.2 Å².